The molecule has 1 aliphatic carbocycles. The number of rotatable bonds is 5. The number of anilines is 3. The van der Waals surface area contributed by atoms with E-state index in [0.29, 0.717) is 23.0 Å². The van der Waals surface area contributed by atoms with Crippen LogP contribution in [0.15, 0.2) is 84.0 Å². The number of aromatic nitrogens is 1. The fourth-order valence-electron chi connectivity index (χ4n) is 7.87. The third kappa shape index (κ3) is 6.33. The Bertz CT molecular complexity index is 2360. The van der Waals surface area contributed by atoms with Crippen molar-refractivity contribution < 1.29 is 33.3 Å². The van der Waals surface area contributed by atoms with E-state index in [4.69, 9.17) is 22.2 Å². The van der Waals surface area contributed by atoms with E-state index in [9.17, 15) is 0 Å². The van der Waals surface area contributed by atoms with Crippen LogP contribution in [0.4, 0.5) is 17.2 Å². The zero-order valence-corrected chi connectivity index (χ0v) is 34.6. The van der Waals surface area contributed by atoms with Crippen LogP contribution in [0, 0.1) is 26.0 Å². The number of para-hydroxylation sites is 1. The van der Waals surface area contributed by atoms with Crippen molar-refractivity contribution in [1.82, 2.24) is 4.98 Å². The smallest absolute Gasteiger partial charge is 0.512 e. The monoisotopic (exact) mass is 884 g/mol. The minimum atomic E-state index is -1.55. The molecule has 0 fully saturated rings. The summed E-state index contributed by atoms with van der Waals surface area (Å²) in [4.78, 5) is 12.3. The topological polar surface area (TPSA) is 47.0 Å². The van der Waals surface area contributed by atoms with Crippen LogP contribution in [0.25, 0.3) is 0 Å². The number of aryl methyl sites for hydroxylation is 1. The van der Waals surface area contributed by atoms with E-state index >= 15 is 0 Å². The maximum Gasteiger partial charge on any atom is 2.00 e. The molecule has 0 N–H and O–H groups in total. The Balaban J connectivity index is 0.00000465. The number of hydrogen-bond donors (Lipinski definition) is 0. The van der Waals surface area contributed by atoms with Crippen LogP contribution in [0.5, 0.6) is 11.5 Å². The number of benzene rings is 4. The fraction of sp³-hybridized carbons (Fsp3) is 0.362. The number of hydrogen-bond acceptors (Lipinski definition) is 5. The van der Waals surface area contributed by atoms with Gasteiger partial charge in [-0.15, -0.1) is 29.3 Å². The van der Waals surface area contributed by atoms with E-state index < -0.39 is 12.0 Å². The van der Waals surface area contributed by atoms with E-state index in [1.54, 1.807) is 0 Å². The van der Waals surface area contributed by atoms with Crippen LogP contribution in [0.1, 0.15) is 127 Å². The van der Waals surface area contributed by atoms with Crippen LogP contribution in [0.2, 0.25) is 0 Å². The summed E-state index contributed by atoms with van der Waals surface area (Å²) in [6.07, 6.45) is 0.551. The van der Waals surface area contributed by atoms with Gasteiger partial charge in [0.15, 0.2) is 0 Å². The van der Waals surface area contributed by atoms with Gasteiger partial charge in [0, 0.05) is 26.1 Å². The zero-order valence-electron chi connectivity index (χ0n) is 34.3. The summed E-state index contributed by atoms with van der Waals surface area (Å²) < 4.78 is 31.5. The van der Waals surface area contributed by atoms with Gasteiger partial charge in [0.25, 0.3) is 0 Å². The quantitative estimate of drug-likeness (QED) is 0.165. The second-order valence-corrected chi connectivity index (χ2v) is 16.7. The summed E-state index contributed by atoms with van der Waals surface area (Å²) >= 11 is 0. The molecule has 53 heavy (non-hydrogen) atoms. The molecule has 0 amide bonds. The molecule has 3 heterocycles. The number of nitrogens with zero attached hydrogens (tertiary/aromatic N) is 3. The Labute approximate surface area is 333 Å². The van der Waals surface area contributed by atoms with Crippen LogP contribution >= 0.6 is 0 Å². The maximum absolute atomic E-state index is 9.08. The minimum Gasteiger partial charge on any atom is -0.512 e. The second kappa shape index (κ2) is 13.3. The van der Waals surface area contributed by atoms with Gasteiger partial charge in [-0.05, 0) is 102 Å². The molecule has 0 bridgehead atoms. The molecule has 1 aromatic heterocycles. The third-order valence-corrected chi connectivity index (χ3v) is 11.3. The average Bonchev–Trinajstić information content (AvgIpc) is 3.45. The second-order valence-electron chi connectivity index (χ2n) is 16.7. The molecule has 274 valence electrons. The van der Waals surface area contributed by atoms with Crippen molar-refractivity contribution in [3.05, 3.63) is 141 Å². The molecule has 0 spiro atoms. The van der Waals surface area contributed by atoms with Gasteiger partial charge in [0.2, 0.25) is 0 Å². The van der Waals surface area contributed by atoms with Crippen molar-refractivity contribution in [3.8, 4) is 11.5 Å². The largest absolute Gasteiger partial charge is 2.00 e. The molecule has 0 radical (unpaired) electrons. The molecule has 5 aromatic rings. The molecule has 4 aromatic carbocycles. The first-order valence-electron chi connectivity index (χ1n) is 19.4. The van der Waals surface area contributed by atoms with E-state index in [2.05, 4.69) is 120 Å². The van der Waals surface area contributed by atoms with Gasteiger partial charge in [-0.25, -0.2) is 4.98 Å². The number of pyridine rings is 1. The molecule has 5 nitrogen and oxygen atoms in total. The fourth-order valence-corrected chi connectivity index (χ4v) is 7.87. The van der Waals surface area contributed by atoms with Gasteiger partial charge >= 0.3 is 21.1 Å². The molecular formula is C47H49N3O2Pt. The van der Waals surface area contributed by atoms with Crippen molar-refractivity contribution in [3.63, 3.8) is 0 Å². The maximum atomic E-state index is 9.08. The van der Waals surface area contributed by atoms with Crippen molar-refractivity contribution in [2.75, 3.05) is 4.90 Å². The normalized spacial score (nSPS) is 21.2. The van der Waals surface area contributed by atoms with Crippen LogP contribution in [-0.4, -0.2) is 16.5 Å². The van der Waals surface area contributed by atoms with E-state index in [1.165, 1.54) is 11.1 Å². The summed E-state index contributed by atoms with van der Waals surface area (Å²) in [5.41, 5.74) is 9.79. The van der Waals surface area contributed by atoms with Crippen molar-refractivity contribution >= 4 is 23.1 Å². The van der Waals surface area contributed by atoms with Crippen LogP contribution < -0.4 is 9.64 Å². The van der Waals surface area contributed by atoms with Crippen molar-refractivity contribution in [2.45, 2.75) is 110 Å². The molecule has 0 saturated carbocycles. The Morgan fingerprint density at radius 3 is 2.47 bits per heavy atom. The summed E-state index contributed by atoms with van der Waals surface area (Å²) in [5.74, 6) is 2.59. The molecule has 0 saturated heterocycles. The van der Waals surface area contributed by atoms with Gasteiger partial charge < -0.3 is 14.4 Å². The molecule has 8 rings (SSSR count). The molecule has 2 aliphatic heterocycles. The van der Waals surface area contributed by atoms with Gasteiger partial charge in [-0.3, -0.25) is 4.99 Å². The van der Waals surface area contributed by atoms with Crippen LogP contribution in [0.3, 0.4) is 0 Å². The average molecular weight is 885 g/mol. The predicted octanol–water partition coefficient (Wildman–Crippen LogP) is 11.8. The number of aliphatic imine (C=N–C) groups is 1. The number of ether oxygens (including phenoxy) is 2. The predicted molar refractivity (Wildman–Crippen MR) is 211 cm³/mol. The van der Waals surface area contributed by atoms with Gasteiger partial charge in [-0.1, -0.05) is 102 Å². The Kier molecular flexibility index (Phi) is 8.65. The van der Waals surface area contributed by atoms with Crippen molar-refractivity contribution in [1.29, 1.82) is 0 Å². The summed E-state index contributed by atoms with van der Waals surface area (Å²) in [6, 6.07) is 32.0. The first-order valence-corrected chi connectivity index (χ1v) is 18.4. The summed E-state index contributed by atoms with van der Waals surface area (Å²) in [5, 5.41) is 0. The van der Waals surface area contributed by atoms with Gasteiger partial charge in [0.05, 0.1) is 0 Å². The molecule has 0 unspecified atom stereocenters. The standard InChI is InChI=1S/C47H49N3O2.Pt/c1-28(2)31-23-32(44-49-43-37-17-15-29(3)30(4)36(37)19-21-47(43,10)52-44)25-35(24-31)51-34-16-18-39-41(27-34)50(40-14-12-11-13-38(40)46(39,8)9)42-26-33(20-22-48-42)45(5,6)7;/h11-18,20,22-24,26,28,43H,19,21H2,1-10H3;/q-2;+2/t43-,47+;/m1./s1/i19D2;. The minimum absolute atomic E-state index is 0. The SMILES string of the molecule is [2H]C1([2H])C[C@]2(C)OC(c3[c-]c(Oc4[c-]c5c(cc4)C(C)(C)c4ccccc4N5c4cc(C(C)(C)C)ccn4)cc(C(C)C)c3)=N[C@@H]2c2ccc(C)c(C)c21.[Pt+2]. The Morgan fingerprint density at radius 1 is 0.943 bits per heavy atom. The Hall–Kier alpha value is -4.21. The first kappa shape index (κ1) is 34.5. The summed E-state index contributed by atoms with van der Waals surface area (Å²) in [7, 11) is 0. The van der Waals surface area contributed by atoms with Gasteiger partial charge in [0.1, 0.15) is 23.4 Å². The molecule has 2 atom stereocenters. The van der Waals surface area contributed by atoms with E-state index in [-0.39, 0.29) is 50.3 Å². The van der Waals surface area contributed by atoms with Crippen LogP contribution in [-0.2, 0) is 43.0 Å². The number of fused-ring (bicyclic) bond motifs is 5. The van der Waals surface area contributed by atoms with E-state index in [0.717, 1.165) is 50.6 Å². The first-order chi connectivity index (χ1) is 25.4. The molecule has 6 heteroatoms. The summed E-state index contributed by atoms with van der Waals surface area (Å²) in [6.45, 7) is 21.5. The van der Waals surface area contributed by atoms with Gasteiger partial charge in [-0.2, -0.15) is 6.07 Å². The third-order valence-electron chi connectivity index (χ3n) is 11.3. The zero-order chi connectivity index (χ0) is 38.5. The van der Waals surface area contributed by atoms with Crippen molar-refractivity contribution in [2.24, 2.45) is 4.99 Å². The van der Waals surface area contributed by atoms with E-state index in [1.807, 2.05) is 45.2 Å². The molecular weight excluding hydrogens is 834 g/mol. The molecule has 3 aliphatic rings. The Morgan fingerprint density at radius 2 is 1.72 bits per heavy atom.